The minimum Gasteiger partial charge on any atom is -0.364 e. The number of nitrogens with zero attached hydrogens (tertiary/aromatic N) is 8. The first-order valence-electron chi connectivity index (χ1n) is 11.7. The maximum atomic E-state index is 12.8. The highest BCUT2D eigenvalue weighted by molar-refractivity contribution is 6.34. The van der Waals surface area contributed by atoms with Crippen LogP contribution in [0.3, 0.4) is 0 Å². The number of hydrogen-bond donors (Lipinski definition) is 0. The SMILES string of the molecule is C[C@@H]1CN(c2cc(=O)n(C)c3c(Cl)n(CC#N)nc23)[C@@H](C)CN1[C@@H](C)c1ccc2nccnc2c1. The Morgan fingerprint density at radius 1 is 1.14 bits per heavy atom. The van der Waals surface area contributed by atoms with Crippen LogP contribution in [0.4, 0.5) is 5.69 Å². The van der Waals surface area contributed by atoms with Crippen molar-refractivity contribution in [3.8, 4) is 6.07 Å². The first-order valence-corrected chi connectivity index (χ1v) is 12.0. The molecular formula is C25H27ClN8O. The highest BCUT2D eigenvalue weighted by atomic mass is 35.5. The molecule has 1 aromatic carbocycles. The molecule has 1 fully saturated rings. The first-order chi connectivity index (χ1) is 16.8. The van der Waals surface area contributed by atoms with Crippen molar-refractivity contribution in [1.82, 2.24) is 29.2 Å². The Bertz CT molecular complexity index is 1520. The molecule has 9 nitrogen and oxygen atoms in total. The number of aryl methyl sites for hydroxylation is 1. The molecule has 0 aliphatic carbocycles. The lowest BCUT2D eigenvalue weighted by Gasteiger charge is -2.47. The summed E-state index contributed by atoms with van der Waals surface area (Å²) in [7, 11) is 1.68. The summed E-state index contributed by atoms with van der Waals surface area (Å²) in [5, 5.41) is 14.1. The maximum absolute atomic E-state index is 12.8. The topological polar surface area (TPSA) is 95.9 Å². The Kier molecular flexibility index (Phi) is 5.95. The average molecular weight is 491 g/mol. The highest BCUT2D eigenvalue weighted by Gasteiger charge is 2.34. The number of nitriles is 1. The monoisotopic (exact) mass is 490 g/mol. The quantitative estimate of drug-likeness (QED) is 0.432. The lowest BCUT2D eigenvalue weighted by molar-refractivity contribution is 0.119. The van der Waals surface area contributed by atoms with Gasteiger partial charge in [-0.15, -0.1) is 0 Å². The maximum Gasteiger partial charge on any atom is 0.253 e. The van der Waals surface area contributed by atoms with Gasteiger partial charge < -0.3 is 9.47 Å². The van der Waals surface area contributed by atoms with Crippen molar-refractivity contribution in [2.75, 3.05) is 18.0 Å². The first kappa shape index (κ1) is 23.3. The molecule has 1 saturated heterocycles. The predicted octanol–water partition coefficient (Wildman–Crippen LogP) is 3.52. The Morgan fingerprint density at radius 2 is 1.89 bits per heavy atom. The van der Waals surface area contributed by atoms with E-state index in [0.717, 1.165) is 29.8 Å². The van der Waals surface area contributed by atoms with Gasteiger partial charge in [-0.3, -0.25) is 19.7 Å². The van der Waals surface area contributed by atoms with Gasteiger partial charge >= 0.3 is 0 Å². The minimum absolute atomic E-state index is 0.0223. The number of aromatic nitrogens is 5. The predicted molar refractivity (Wildman–Crippen MR) is 137 cm³/mol. The molecule has 4 heterocycles. The van der Waals surface area contributed by atoms with Crippen molar-refractivity contribution in [2.45, 2.75) is 45.4 Å². The molecule has 35 heavy (non-hydrogen) atoms. The van der Waals surface area contributed by atoms with Crippen molar-refractivity contribution < 1.29 is 0 Å². The van der Waals surface area contributed by atoms with Crippen molar-refractivity contribution in [1.29, 1.82) is 5.26 Å². The minimum atomic E-state index is -0.154. The lowest BCUT2D eigenvalue weighted by atomic mass is 10.00. The largest absolute Gasteiger partial charge is 0.364 e. The molecule has 5 rings (SSSR count). The second-order valence-corrected chi connectivity index (χ2v) is 9.62. The van der Waals surface area contributed by atoms with Gasteiger partial charge in [0.25, 0.3) is 5.56 Å². The summed E-state index contributed by atoms with van der Waals surface area (Å²) in [5.74, 6) is 0. The summed E-state index contributed by atoms with van der Waals surface area (Å²) < 4.78 is 2.95. The van der Waals surface area contributed by atoms with E-state index < -0.39 is 0 Å². The van der Waals surface area contributed by atoms with Crippen LogP contribution in [0, 0.1) is 11.3 Å². The van der Waals surface area contributed by atoms with E-state index in [1.807, 2.05) is 6.07 Å². The van der Waals surface area contributed by atoms with Gasteiger partial charge in [0, 0.05) is 56.7 Å². The van der Waals surface area contributed by atoms with E-state index in [9.17, 15) is 4.79 Å². The van der Waals surface area contributed by atoms with E-state index in [-0.39, 0.29) is 30.2 Å². The molecule has 0 amide bonds. The summed E-state index contributed by atoms with van der Waals surface area (Å²) in [6, 6.07) is 10.5. The number of benzene rings is 1. The molecule has 1 aliphatic heterocycles. The zero-order valence-electron chi connectivity index (χ0n) is 20.2. The molecule has 0 unspecified atom stereocenters. The molecule has 180 valence electrons. The fourth-order valence-electron chi connectivity index (χ4n) is 5.15. The normalized spacial score (nSPS) is 19.8. The van der Waals surface area contributed by atoms with Gasteiger partial charge in [-0.2, -0.15) is 10.4 Å². The van der Waals surface area contributed by atoms with Crippen LogP contribution in [0.25, 0.3) is 22.1 Å². The molecule has 4 aromatic rings. The molecule has 0 radical (unpaired) electrons. The molecule has 3 atom stereocenters. The third-order valence-corrected chi connectivity index (χ3v) is 7.45. The number of hydrogen-bond acceptors (Lipinski definition) is 7. The van der Waals surface area contributed by atoms with Crippen molar-refractivity contribution in [3.63, 3.8) is 0 Å². The van der Waals surface area contributed by atoms with Crippen LogP contribution in [0.5, 0.6) is 0 Å². The Balaban J connectivity index is 1.48. The zero-order chi connectivity index (χ0) is 24.9. The van der Waals surface area contributed by atoms with Crippen molar-refractivity contribution >= 4 is 39.4 Å². The van der Waals surface area contributed by atoms with Crippen LogP contribution >= 0.6 is 11.6 Å². The third-order valence-electron chi connectivity index (χ3n) is 7.07. The molecule has 0 N–H and O–H groups in total. The number of anilines is 1. The van der Waals surface area contributed by atoms with Crippen LogP contribution in [0.15, 0.2) is 41.5 Å². The lowest BCUT2D eigenvalue weighted by Crippen LogP contribution is -2.57. The smallest absolute Gasteiger partial charge is 0.253 e. The summed E-state index contributed by atoms with van der Waals surface area (Å²) >= 11 is 6.52. The molecule has 3 aromatic heterocycles. The summed E-state index contributed by atoms with van der Waals surface area (Å²) in [4.78, 5) is 26.4. The van der Waals surface area contributed by atoms with Crippen LogP contribution in [0.1, 0.15) is 32.4 Å². The molecule has 0 spiro atoms. The van der Waals surface area contributed by atoms with E-state index in [1.54, 1.807) is 25.5 Å². The standard InChI is InChI=1S/C25H27ClN8O/c1-15-14-33(21-12-22(35)31(4)24-23(21)30-34(10-7-27)25(24)26)16(2)13-32(15)17(3)18-5-6-19-20(11-18)29-9-8-28-19/h5-6,8-9,11-12,15-17H,10,13-14H2,1-4H3/t15-,16+,17+/m1/s1. The van der Waals surface area contributed by atoms with Gasteiger partial charge in [0.2, 0.25) is 0 Å². The van der Waals surface area contributed by atoms with E-state index in [1.165, 1.54) is 14.8 Å². The summed E-state index contributed by atoms with van der Waals surface area (Å²) in [5.41, 5.74) is 4.78. The molecular weight excluding hydrogens is 464 g/mol. The third kappa shape index (κ3) is 3.93. The number of fused-ring (bicyclic) bond motifs is 2. The van der Waals surface area contributed by atoms with Crippen LogP contribution in [0.2, 0.25) is 5.15 Å². The van der Waals surface area contributed by atoms with Gasteiger partial charge in [-0.1, -0.05) is 17.7 Å². The van der Waals surface area contributed by atoms with Crippen LogP contribution in [-0.4, -0.2) is 54.4 Å². The number of halogens is 1. The fourth-order valence-corrected chi connectivity index (χ4v) is 5.46. The average Bonchev–Trinajstić information content (AvgIpc) is 3.18. The number of rotatable bonds is 4. The Hall–Kier alpha value is -3.48. The van der Waals surface area contributed by atoms with Crippen LogP contribution < -0.4 is 10.5 Å². The van der Waals surface area contributed by atoms with Gasteiger partial charge in [0.1, 0.15) is 17.6 Å². The second kappa shape index (κ2) is 8.95. The van der Waals surface area contributed by atoms with Crippen LogP contribution in [-0.2, 0) is 13.6 Å². The van der Waals surface area contributed by atoms with Gasteiger partial charge in [0.15, 0.2) is 5.15 Å². The Morgan fingerprint density at radius 3 is 2.63 bits per heavy atom. The molecule has 0 saturated carbocycles. The molecule has 1 aliphatic rings. The van der Waals surface area contributed by atoms with E-state index in [0.29, 0.717) is 16.2 Å². The number of pyridine rings is 1. The van der Waals surface area contributed by atoms with Gasteiger partial charge in [0.05, 0.1) is 22.8 Å². The van der Waals surface area contributed by atoms with E-state index >= 15 is 0 Å². The highest BCUT2D eigenvalue weighted by Crippen LogP contribution is 2.34. The summed E-state index contributed by atoms with van der Waals surface area (Å²) in [6.45, 7) is 8.14. The Labute approximate surface area is 208 Å². The fraction of sp³-hybridized carbons (Fsp3) is 0.400. The van der Waals surface area contributed by atoms with Crippen molar-refractivity contribution in [2.24, 2.45) is 7.05 Å². The van der Waals surface area contributed by atoms with E-state index in [4.69, 9.17) is 16.9 Å². The van der Waals surface area contributed by atoms with Gasteiger partial charge in [-0.05, 0) is 38.5 Å². The molecule has 0 bridgehead atoms. The zero-order valence-corrected chi connectivity index (χ0v) is 20.9. The van der Waals surface area contributed by atoms with Gasteiger partial charge in [-0.25, -0.2) is 4.68 Å². The van der Waals surface area contributed by atoms with E-state index in [2.05, 4.69) is 63.8 Å². The molecule has 10 heteroatoms. The summed E-state index contributed by atoms with van der Waals surface area (Å²) in [6.07, 6.45) is 3.42. The second-order valence-electron chi connectivity index (χ2n) is 9.26. The van der Waals surface area contributed by atoms with Crippen molar-refractivity contribution in [3.05, 3.63) is 57.7 Å². The number of piperazine rings is 1.